The van der Waals surface area contributed by atoms with Crippen molar-refractivity contribution >= 4 is 11.8 Å². The van der Waals surface area contributed by atoms with Gasteiger partial charge in [-0.25, -0.2) is 0 Å². The second-order valence-electron chi connectivity index (χ2n) is 5.43. The average Bonchev–Trinajstić information content (AvgIpc) is 2.92. The van der Waals surface area contributed by atoms with Gasteiger partial charge >= 0.3 is 0 Å². The van der Waals surface area contributed by atoms with E-state index in [2.05, 4.69) is 51.4 Å². The molecule has 1 saturated carbocycles. The number of benzene rings is 1. The molecule has 0 bridgehead atoms. The van der Waals surface area contributed by atoms with Gasteiger partial charge in [0.2, 0.25) is 0 Å². The van der Waals surface area contributed by atoms with E-state index in [1.807, 2.05) is 0 Å². The Morgan fingerprint density at radius 2 is 1.85 bits per heavy atom. The quantitative estimate of drug-likeness (QED) is 0.793. The van der Waals surface area contributed by atoms with Crippen LogP contribution < -0.4 is 0 Å². The lowest BCUT2D eigenvalue weighted by atomic mass is 9.95. The minimum atomic E-state index is 0.597. The fourth-order valence-electron chi connectivity index (χ4n) is 3.05. The molecule has 3 rings (SSSR count). The van der Waals surface area contributed by atoms with Crippen molar-refractivity contribution in [2.24, 2.45) is 0 Å². The maximum Gasteiger partial charge on any atom is 0.191 e. The zero-order chi connectivity index (χ0) is 13.8. The molecule has 0 radical (unpaired) electrons. The minimum absolute atomic E-state index is 0.597. The molecule has 20 heavy (non-hydrogen) atoms. The first kappa shape index (κ1) is 13.7. The van der Waals surface area contributed by atoms with E-state index < -0.39 is 0 Å². The molecule has 0 N–H and O–H groups in total. The van der Waals surface area contributed by atoms with Crippen LogP contribution >= 0.6 is 11.8 Å². The van der Waals surface area contributed by atoms with Gasteiger partial charge in [0, 0.05) is 12.5 Å². The van der Waals surface area contributed by atoms with Gasteiger partial charge in [-0.1, -0.05) is 61.4 Å². The highest BCUT2D eigenvalue weighted by atomic mass is 32.2. The van der Waals surface area contributed by atoms with Crippen LogP contribution in [0.1, 0.15) is 49.5 Å². The van der Waals surface area contributed by atoms with Gasteiger partial charge in [-0.15, -0.1) is 10.2 Å². The van der Waals surface area contributed by atoms with Crippen LogP contribution in [0.3, 0.4) is 0 Å². The third kappa shape index (κ3) is 2.90. The Morgan fingerprint density at radius 1 is 1.10 bits per heavy atom. The Kier molecular flexibility index (Phi) is 4.41. The molecule has 4 heteroatoms. The molecule has 2 aromatic rings. The molecule has 0 amide bonds. The van der Waals surface area contributed by atoms with Gasteiger partial charge in [-0.2, -0.15) is 0 Å². The summed E-state index contributed by atoms with van der Waals surface area (Å²) in [6.45, 7) is 0. The highest BCUT2D eigenvalue weighted by Crippen LogP contribution is 2.32. The van der Waals surface area contributed by atoms with Crippen molar-refractivity contribution in [1.29, 1.82) is 0 Å². The largest absolute Gasteiger partial charge is 0.303 e. The number of hydrogen-bond acceptors (Lipinski definition) is 3. The lowest BCUT2D eigenvalue weighted by molar-refractivity contribution is 0.330. The summed E-state index contributed by atoms with van der Waals surface area (Å²) >= 11 is 1.71. The predicted octanol–water partition coefficient (Wildman–Crippen LogP) is 4.10. The molecule has 1 aliphatic carbocycles. The Hall–Kier alpha value is -1.29. The molecule has 0 aliphatic heterocycles. The molecule has 3 nitrogen and oxygen atoms in total. The summed E-state index contributed by atoms with van der Waals surface area (Å²) in [7, 11) is 0. The van der Waals surface area contributed by atoms with Crippen LogP contribution in [-0.4, -0.2) is 21.0 Å². The summed E-state index contributed by atoms with van der Waals surface area (Å²) in [5, 5.41) is 9.90. The topological polar surface area (TPSA) is 30.7 Å². The Bertz CT molecular complexity index is 544. The summed E-state index contributed by atoms with van der Waals surface area (Å²) in [6, 6.07) is 11.2. The summed E-state index contributed by atoms with van der Waals surface area (Å²) in [4.78, 5) is 0. The fourth-order valence-corrected chi connectivity index (χ4v) is 3.63. The molecule has 106 valence electrons. The molecular weight excluding hydrogens is 266 g/mol. The number of rotatable bonds is 4. The first-order valence-corrected chi connectivity index (χ1v) is 8.62. The molecule has 1 aromatic carbocycles. The molecule has 0 atom stereocenters. The third-order valence-corrected chi connectivity index (χ3v) is 4.71. The number of thioether (sulfide) groups is 1. The van der Waals surface area contributed by atoms with Crippen LogP contribution in [0, 0.1) is 0 Å². The van der Waals surface area contributed by atoms with E-state index in [0.717, 1.165) is 17.4 Å². The smallest absolute Gasteiger partial charge is 0.191 e. The zero-order valence-corrected chi connectivity index (χ0v) is 12.8. The second kappa shape index (κ2) is 6.44. The van der Waals surface area contributed by atoms with Crippen molar-refractivity contribution in [3.05, 3.63) is 41.7 Å². The van der Waals surface area contributed by atoms with Crippen LogP contribution in [0.2, 0.25) is 0 Å². The van der Waals surface area contributed by atoms with Crippen LogP contribution in [-0.2, 0) is 6.42 Å². The summed E-state index contributed by atoms with van der Waals surface area (Å²) in [5.41, 5.74) is 1.31. The summed E-state index contributed by atoms with van der Waals surface area (Å²) in [6.07, 6.45) is 9.56. The van der Waals surface area contributed by atoms with Crippen molar-refractivity contribution in [3.63, 3.8) is 0 Å². The van der Waals surface area contributed by atoms with E-state index >= 15 is 0 Å². The van der Waals surface area contributed by atoms with E-state index in [4.69, 9.17) is 0 Å². The van der Waals surface area contributed by atoms with Gasteiger partial charge in [0.25, 0.3) is 0 Å². The van der Waals surface area contributed by atoms with Crippen LogP contribution in [0.4, 0.5) is 0 Å². The Labute approximate surface area is 124 Å². The molecule has 0 unspecified atom stereocenters. The molecule has 1 aliphatic rings. The molecule has 0 spiro atoms. The van der Waals surface area contributed by atoms with Crippen LogP contribution in [0.15, 0.2) is 35.5 Å². The van der Waals surface area contributed by atoms with Gasteiger partial charge in [0.15, 0.2) is 5.16 Å². The van der Waals surface area contributed by atoms with E-state index in [-0.39, 0.29) is 0 Å². The van der Waals surface area contributed by atoms with Crippen molar-refractivity contribution in [3.8, 4) is 0 Å². The monoisotopic (exact) mass is 287 g/mol. The molecule has 0 saturated heterocycles. The Balaban J connectivity index is 1.88. The number of hydrogen-bond donors (Lipinski definition) is 0. The first-order valence-electron chi connectivity index (χ1n) is 7.40. The summed E-state index contributed by atoms with van der Waals surface area (Å²) in [5.74, 6) is 1.12. The van der Waals surface area contributed by atoms with E-state index in [1.54, 1.807) is 11.8 Å². The van der Waals surface area contributed by atoms with Gasteiger partial charge in [-0.05, 0) is 24.7 Å². The lowest BCUT2D eigenvalue weighted by Gasteiger charge is -2.25. The van der Waals surface area contributed by atoms with Crippen LogP contribution in [0.25, 0.3) is 0 Å². The van der Waals surface area contributed by atoms with Crippen molar-refractivity contribution in [1.82, 2.24) is 14.8 Å². The second-order valence-corrected chi connectivity index (χ2v) is 6.20. The third-order valence-electron chi connectivity index (χ3n) is 4.06. The van der Waals surface area contributed by atoms with E-state index in [9.17, 15) is 0 Å². The normalized spacial score (nSPS) is 16.4. The zero-order valence-electron chi connectivity index (χ0n) is 12.0. The summed E-state index contributed by atoms with van der Waals surface area (Å²) < 4.78 is 2.40. The Morgan fingerprint density at radius 3 is 2.55 bits per heavy atom. The predicted molar refractivity (Wildman–Crippen MR) is 83.2 cm³/mol. The molecule has 1 heterocycles. The molecule has 1 aromatic heterocycles. The molecular formula is C16H21N3S. The maximum atomic E-state index is 4.45. The SMILES string of the molecule is CSc1nnc(Cc2ccccc2)n1C1CCCCC1. The minimum Gasteiger partial charge on any atom is -0.303 e. The average molecular weight is 287 g/mol. The van der Waals surface area contributed by atoms with Crippen molar-refractivity contribution in [2.45, 2.75) is 49.7 Å². The van der Waals surface area contributed by atoms with Gasteiger partial charge in [0.1, 0.15) is 5.82 Å². The first-order chi connectivity index (χ1) is 9.88. The maximum absolute atomic E-state index is 4.45. The van der Waals surface area contributed by atoms with Gasteiger partial charge < -0.3 is 4.57 Å². The van der Waals surface area contributed by atoms with Gasteiger partial charge in [-0.3, -0.25) is 0 Å². The van der Waals surface area contributed by atoms with E-state index in [1.165, 1.54) is 37.7 Å². The highest BCUT2D eigenvalue weighted by Gasteiger charge is 2.22. The fraction of sp³-hybridized carbons (Fsp3) is 0.500. The lowest BCUT2D eigenvalue weighted by Crippen LogP contribution is -2.16. The molecule has 1 fully saturated rings. The van der Waals surface area contributed by atoms with E-state index in [0.29, 0.717) is 6.04 Å². The standard InChI is InChI=1S/C16H21N3S/c1-20-16-18-17-15(12-13-8-4-2-5-9-13)19(16)14-10-6-3-7-11-14/h2,4-5,8-9,14H,3,6-7,10-12H2,1H3. The van der Waals surface area contributed by atoms with Crippen LogP contribution in [0.5, 0.6) is 0 Å². The van der Waals surface area contributed by atoms with Crippen molar-refractivity contribution < 1.29 is 0 Å². The van der Waals surface area contributed by atoms with Crippen molar-refractivity contribution in [2.75, 3.05) is 6.26 Å². The van der Waals surface area contributed by atoms with Gasteiger partial charge in [0.05, 0.1) is 0 Å². The highest BCUT2D eigenvalue weighted by molar-refractivity contribution is 7.98. The number of nitrogens with zero attached hydrogens (tertiary/aromatic N) is 3. The number of aromatic nitrogens is 3.